The van der Waals surface area contributed by atoms with Crippen molar-refractivity contribution in [3.8, 4) is 0 Å². The van der Waals surface area contributed by atoms with Gasteiger partial charge in [0.1, 0.15) is 17.3 Å². The van der Waals surface area contributed by atoms with Gasteiger partial charge in [-0.05, 0) is 33.6 Å². The van der Waals surface area contributed by atoms with E-state index in [4.69, 9.17) is 9.47 Å². The minimum absolute atomic E-state index is 0.0771. The maximum atomic E-state index is 12.1. The zero-order chi connectivity index (χ0) is 15.8. The van der Waals surface area contributed by atoms with Crippen LogP contribution in [0.2, 0.25) is 0 Å². The Balaban J connectivity index is 2.26. The van der Waals surface area contributed by atoms with E-state index in [0.29, 0.717) is 12.7 Å². The average Bonchev–Trinajstić information content (AvgIpc) is 3.10. The molecule has 0 aromatic heterocycles. The fourth-order valence-corrected chi connectivity index (χ4v) is 3.44. The van der Waals surface area contributed by atoms with E-state index in [1.165, 1.54) is 12.7 Å². The number of aldehydes is 1. The molecule has 1 saturated heterocycles. The minimum Gasteiger partial charge on any atom is -0.382 e. The van der Waals surface area contributed by atoms with E-state index in [-0.39, 0.29) is 24.7 Å². The molecule has 5 nitrogen and oxygen atoms in total. The van der Waals surface area contributed by atoms with Gasteiger partial charge in [-0.15, -0.1) is 0 Å². The Bertz CT molecular complexity index is 467. The maximum Gasteiger partial charge on any atom is 0.162 e. The topological polar surface area (TPSA) is 76.1 Å². The number of rotatable bonds is 5. The van der Waals surface area contributed by atoms with Crippen LogP contribution in [0, 0.1) is 5.92 Å². The molecule has 1 aliphatic heterocycles. The van der Waals surface area contributed by atoms with Gasteiger partial charge in [-0.1, -0.05) is 11.6 Å². The van der Waals surface area contributed by atoms with Gasteiger partial charge >= 0.3 is 0 Å². The van der Waals surface area contributed by atoms with Crippen LogP contribution in [0.25, 0.3) is 0 Å². The van der Waals surface area contributed by atoms with Gasteiger partial charge < -0.3 is 19.4 Å². The van der Waals surface area contributed by atoms with Crippen LogP contribution in [0.4, 0.5) is 0 Å². The number of carbonyl (C=O) groups is 2. The second-order valence-corrected chi connectivity index (χ2v) is 6.52. The van der Waals surface area contributed by atoms with Crippen LogP contribution in [0.15, 0.2) is 11.6 Å². The monoisotopic (exact) mass is 296 g/mol. The summed E-state index contributed by atoms with van der Waals surface area (Å²) in [6, 6.07) is 0. The molecule has 1 heterocycles. The smallest absolute Gasteiger partial charge is 0.162 e. The van der Waals surface area contributed by atoms with Gasteiger partial charge in [-0.3, -0.25) is 4.79 Å². The first-order chi connectivity index (χ1) is 9.78. The van der Waals surface area contributed by atoms with Crippen LogP contribution in [0.1, 0.15) is 40.0 Å². The summed E-state index contributed by atoms with van der Waals surface area (Å²) in [5.41, 5.74) is -1.09. The number of methoxy groups -OCH3 is 1. The molecule has 1 aliphatic carbocycles. The minimum atomic E-state index is -1.57. The maximum absolute atomic E-state index is 12.1. The summed E-state index contributed by atoms with van der Waals surface area (Å²) in [5.74, 6) is -0.740. The molecule has 0 aromatic carbocycles. The van der Waals surface area contributed by atoms with E-state index in [1.807, 2.05) is 20.8 Å². The molecule has 1 saturated carbocycles. The number of hydrogen-bond donors (Lipinski definition) is 1. The molecular formula is C16H24O5. The zero-order valence-corrected chi connectivity index (χ0v) is 13.1. The fourth-order valence-electron chi connectivity index (χ4n) is 3.44. The van der Waals surface area contributed by atoms with Crippen LogP contribution in [0.3, 0.4) is 0 Å². The van der Waals surface area contributed by atoms with Gasteiger partial charge in [0.2, 0.25) is 0 Å². The van der Waals surface area contributed by atoms with E-state index >= 15 is 0 Å². The average molecular weight is 296 g/mol. The molecule has 0 radical (unpaired) electrons. The molecule has 1 N–H and O–H groups in total. The van der Waals surface area contributed by atoms with Crippen LogP contribution < -0.4 is 0 Å². The van der Waals surface area contributed by atoms with Gasteiger partial charge in [-0.2, -0.15) is 0 Å². The molecule has 2 rings (SSSR count). The highest BCUT2D eigenvalue weighted by molar-refractivity contribution is 5.87. The molecule has 5 atom stereocenters. The third kappa shape index (κ3) is 2.82. The van der Waals surface area contributed by atoms with Crippen molar-refractivity contribution in [2.45, 2.75) is 63.4 Å². The Morgan fingerprint density at radius 1 is 1.52 bits per heavy atom. The number of epoxide rings is 1. The standard InChI is InChI=1S/C16H24O5/c1-10(2)5-6-12-15(3,21-12)14-13(20-4)11(18)7-8-16(14,19)9-17/h5,9,12-14,19H,6-8H2,1-4H3/t12-,13-,14-,15+,16+/m1/s1. The molecule has 0 amide bonds. The molecule has 2 aliphatic rings. The largest absolute Gasteiger partial charge is 0.382 e. The number of hydrogen-bond acceptors (Lipinski definition) is 5. The number of Topliss-reactive ketones (excluding diaryl/α,β-unsaturated/α-hetero) is 1. The molecule has 0 aromatic rings. The first kappa shape index (κ1) is 16.3. The lowest BCUT2D eigenvalue weighted by molar-refractivity contribution is -0.166. The fraction of sp³-hybridized carbons (Fsp3) is 0.750. The van der Waals surface area contributed by atoms with Crippen molar-refractivity contribution in [2.75, 3.05) is 7.11 Å². The number of carbonyl (C=O) groups excluding carboxylic acids is 2. The molecule has 118 valence electrons. The Morgan fingerprint density at radius 3 is 2.71 bits per heavy atom. The summed E-state index contributed by atoms with van der Waals surface area (Å²) in [7, 11) is 1.43. The Hall–Kier alpha value is -1.04. The summed E-state index contributed by atoms with van der Waals surface area (Å²) in [6.45, 7) is 5.85. The second kappa shape index (κ2) is 5.63. The van der Waals surface area contributed by atoms with Crippen LogP contribution in [-0.4, -0.2) is 47.7 Å². The summed E-state index contributed by atoms with van der Waals surface area (Å²) in [4.78, 5) is 23.5. The second-order valence-electron chi connectivity index (χ2n) is 6.52. The van der Waals surface area contributed by atoms with E-state index in [9.17, 15) is 14.7 Å². The van der Waals surface area contributed by atoms with Crippen LogP contribution >= 0.6 is 0 Å². The molecule has 0 unspecified atom stereocenters. The van der Waals surface area contributed by atoms with Gasteiger partial charge in [0.05, 0.1) is 12.0 Å². The third-order valence-corrected chi connectivity index (χ3v) is 4.72. The van der Waals surface area contributed by atoms with E-state index < -0.39 is 23.2 Å². The normalized spacial score (nSPS) is 42.5. The van der Waals surface area contributed by atoms with Gasteiger partial charge in [-0.25, -0.2) is 0 Å². The lowest BCUT2D eigenvalue weighted by Crippen LogP contribution is -2.59. The number of ether oxygens (including phenoxy) is 2. The number of allylic oxidation sites excluding steroid dienone is 1. The Kier molecular flexibility index (Phi) is 4.38. The van der Waals surface area contributed by atoms with Crippen molar-refractivity contribution in [3.63, 3.8) is 0 Å². The predicted molar refractivity (Wildman–Crippen MR) is 76.9 cm³/mol. The molecular weight excluding hydrogens is 272 g/mol. The molecule has 5 heteroatoms. The summed E-state index contributed by atoms with van der Waals surface area (Å²) >= 11 is 0. The molecule has 0 spiro atoms. The third-order valence-electron chi connectivity index (χ3n) is 4.72. The van der Waals surface area contributed by atoms with Gasteiger partial charge in [0, 0.05) is 13.5 Å². The van der Waals surface area contributed by atoms with E-state index in [2.05, 4.69) is 6.08 Å². The number of ketones is 1. The highest BCUT2D eigenvalue weighted by Gasteiger charge is 2.67. The van der Waals surface area contributed by atoms with Crippen molar-refractivity contribution < 1.29 is 24.2 Å². The van der Waals surface area contributed by atoms with Crippen molar-refractivity contribution in [3.05, 3.63) is 11.6 Å². The summed E-state index contributed by atoms with van der Waals surface area (Å²) < 4.78 is 11.1. The molecule has 2 fully saturated rings. The van der Waals surface area contributed by atoms with Crippen LogP contribution in [0.5, 0.6) is 0 Å². The highest BCUT2D eigenvalue weighted by Crippen LogP contribution is 2.53. The first-order valence-corrected chi connectivity index (χ1v) is 7.34. The Morgan fingerprint density at radius 2 is 2.19 bits per heavy atom. The van der Waals surface area contributed by atoms with Crippen molar-refractivity contribution in [1.82, 2.24) is 0 Å². The van der Waals surface area contributed by atoms with E-state index in [1.54, 1.807) is 0 Å². The van der Waals surface area contributed by atoms with E-state index in [0.717, 1.165) is 0 Å². The molecule has 21 heavy (non-hydrogen) atoms. The Labute approximate surface area is 125 Å². The predicted octanol–water partition coefficient (Wildman–Crippen LogP) is 1.42. The summed E-state index contributed by atoms with van der Waals surface area (Å²) in [6.07, 6.45) is 2.69. The van der Waals surface area contributed by atoms with Crippen molar-refractivity contribution >= 4 is 12.1 Å². The van der Waals surface area contributed by atoms with Gasteiger partial charge in [0.25, 0.3) is 0 Å². The van der Waals surface area contributed by atoms with Crippen molar-refractivity contribution in [1.29, 1.82) is 0 Å². The zero-order valence-electron chi connectivity index (χ0n) is 13.1. The quantitative estimate of drug-likeness (QED) is 0.472. The number of aliphatic hydroxyl groups is 1. The van der Waals surface area contributed by atoms with Crippen molar-refractivity contribution in [2.24, 2.45) is 5.92 Å². The molecule has 0 bridgehead atoms. The first-order valence-electron chi connectivity index (χ1n) is 7.34. The highest BCUT2D eigenvalue weighted by atomic mass is 16.6. The summed E-state index contributed by atoms with van der Waals surface area (Å²) in [5, 5.41) is 10.6. The lowest BCUT2D eigenvalue weighted by Gasteiger charge is -2.42. The lowest BCUT2D eigenvalue weighted by atomic mass is 9.66. The van der Waals surface area contributed by atoms with Gasteiger partial charge in [0.15, 0.2) is 12.1 Å². The van der Waals surface area contributed by atoms with Crippen LogP contribution in [-0.2, 0) is 19.1 Å². The SMILES string of the molecule is CO[C@@H]1C(=O)CC[C@](O)(C=O)[C@H]1[C@@]1(C)O[C@@H]1CC=C(C)C.